The Morgan fingerprint density at radius 3 is 2.43 bits per heavy atom. The standard InChI is InChI=1S/C20H25F3O4S/c1-18-9-7-13(27-28(25,26)20(21,22)23)11-12(18)3-4-14-15-5-6-17(24)19(15,2)10-8-16(14)18/h3,11,14-16H,4-10H2,1-2H3. The molecule has 0 aliphatic heterocycles. The van der Waals surface area contributed by atoms with Crippen LogP contribution in [-0.4, -0.2) is 19.7 Å². The number of ketones is 1. The van der Waals surface area contributed by atoms with Crippen molar-refractivity contribution in [3.8, 4) is 0 Å². The van der Waals surface area contributed by atoms with Crippen molar-refractivity contribution in [1.29, 1.82) is 0 Å². The average Bonchev–Trinajstić information content (AvgIpc) is 2.89. The first kappa shape index (κ1) is 20.0. The largest absolute Gasteiger partial charge is 0.534 e. The zero-order valence-electron chi connectivity index (χ0n) is 16.0. The van der Waals surface area contributed by atoms with E-state index in [0.717, 1.165) is 31.3 Å². The van der Waals surface area contributed by atoms with Crippen molar-refractivity contribution < 1.29 is 30.6 Å². The molecule has 5 atom stereocenters. The summed E-state index contributed by atoms with van der Waals surface area (Å²) in [6, 6.07) is 0. The molecule has 0 radical (unpaired) electrons. The lowest BCUT2D eigenvalue weighted by Gasteiger charge is -2.55. The summed E-state index contributed by atoms with van der Waals surface area (Å²) in [6.07, 6.45) is 8.35. The maximum atomic E-state index is 12.6. The minimum atomic E-state index is -5.64. The molecule has 28 heavy (non-hydrogen) atoms. The molecule has 4 aliphatic carbocycles. The van der Waals surface area contributed by atoms with Crippen LogP contribution in [0.3, 0.4) is 0 Å². The van der Waals surface area contributed by atoms with Crippen molar-refractivity contribution in [2.24, 2.45) is 28.6 Å². The summed E-state index contributed by atoms with van der Waals surface area (Å²) in [4.78, 5) is 12.4. The van der Waals surface area contributed by atoms with E-state index < -0.39 is 15.6 Å². The highest BCUT2D eigenvalue weighted by Gasteiger charge is 2.58. The fraction of sp³-hybridized carbons (Fsp3) is 0.750. The lowest BCUT2D eigenvalue weighted by molar-refractivity contribution is -0.131. The summed E-state index contributed by atoms with van der Waals surface area (Å²) in [5.41, 5.74) is -5.00. The molecule has 4 nitrogen and oxygen atoms in total. The first-order chi connectivity index (χ1) is 12.9. The van der Waals surface area contributed by atoms with Crippen LogP contribution < -0.4 is 0 Å². The minimum Gasteiger partial charge on any atom is -0.381 e. The van der Waals surface area contributed by atoms with E-state index in [1.807, 2.05) is 6.08 Å². The van der Waals surface area contributed by atoms with Gasteiger partial charge in [0.05, 0.1) is 0 Å². The molecular weight excluding hydrogens is 393 g/mol. The molecule has 0 bridgehead atoms. The molecule has 0 aromatic heterocycles. The number of hydrogen-bond donors (Lipinski definition) is 0. The predicted octanol–water partition coefficient (Wildman–Crippen LogP) is 4.88. The second kappa shape index (κ2) is 6.09. The summed E-state index contributed by atoms with van der Waals surface area (Å²) in [5, 5.41) is 0. The van der Waals surface area contributed by atoms with Crippen LogP contribution in [0.25, 0.3) is 0 Å². The van der Waals surface area contributed by atoms with Crippen LogP contribution in [-0.2, 0) is 19.1 Å². The van der Waals surface area contributed by atoms with Crippen LogP contribution >= 0.6 is 0 Å². The minimum absolute atomic E-state index is 0.142. The van der Waals surface area contributed by atoms with Crippen LogP contribution in [0.2, 0.25) is 0 Å². The Kier molecular flexibility index (Phi) is 4.35. The summed E-state index contributed by atoms with van der Waals surface area (Å²) < 4.78 is 65.0. The van der Waals surface area contributed by atoms with Crippen molar-refractivity contribution in [3.05, 3.63) is 23.5 Å². The molecule has 0 spiro atoms. The summed E-state index contributed by atoms with van der Waals surface area (Å²) in [5.74, 6) is 1.34. The van der Waals surface area contributed by atoms with Gasteiger partial charge in [0.15, 0.2) is 0 Å². The van der Waals surface area contributed by atoms with Crippen LogP contribution in [0.5, 0.6) is 0 Å². The van der Waals surface area contributed by atoms with Crippen molar-refractivity contribution >= 4 is 15.9 Å². The van der Waals surface area contributed by atoms with Crippen LogP contribution in [0, 0.1) is 28.6 Å². The van der Waals surface area contributed by atoms with Crippen molar-refractivity contribution in [2.75, 3.05) is 0 Å². The molecule has 156 valence electrons. The molecular formula is C20H25F3O4S. The molecule has 0 amide bonds. The van der Waals surface area contributed by atoms with E-state index in [9.17, 15) is 26.4 Å². The zero-order valence-corrected chi connectivity index (χ0v) is 16.8. The summed E-state index contributed by atoms with van der Waals surface area (Å²) >= 11 is 0. The highest BCUT2D eigenvalue weighted by molar-refractivity contribution is 7.87. The van der Waals surface area contributed by atoms with Gasteiger partial charge in [0, 0.05) is 18.3 Å². The van der Waals surface area contributed by atoms with Gasteiger partial charge in [-0.25, -0.2) is 0 Å². The highest BCUT2D eigenvalue weighted by atomic mass is 32.2. The van der Waals surface area contributed by atoms with E-state index in [1.165, 1.54) is 6.08 Å². The van der Waals surface area contributed by atoms with Gasteiger partial charge in [-0.1, -0.05) is 19.9 Å². The van der Waals surface area contributed by atoms with Gasteiger partial charge in [0.25, 0.3) is 0 Å². The highest BCUT2D eigenvalue weighted by Crippen LogP contribution is 2.63. The molecule has 2 saturated carbocycles. The number of carbonyl (C=O) groups excluding carboxylic acids is 1. The third-order valence-electron chi connectivity index (χ3n) is 7.94. The summed E-state index contributed by atoms with van der Waals surface area (Å²) in [6.45, 7) is 4.22. The molecule has 0 aromatic carbocycles. The lowest BCUT2D eigenvalue weighted by atomic mass is 9.49. The van der Waals surface area contributed by atoms with Gasteiger partial charge in [0.1, 0.15) is 11.5 Å². The molecule has 0 saturated heterocycles. The number of halogens is 3. The zero-order chi connectivity index (χ0) is 20.5. The second-order valence-electron chi connectivity index (χ2n) is 9.20. The Morgan fingerprint density at radius 2 is 1.75 bits per heavy atom. The number of hydrogen-bond acceptors (Lipinski definition) is 4. The van der Waals surface area contributed by atoms with Crippen LogP contribution in [0.15, 0.2) is 23.5 Å². The van der Waals surface area contributed by atoms with Gasteiger partial charge < -0.3 is 4.18 Å². The first-order valence-electron chi connectivity index (χ1n) is 9.84. The summed E-state index contributed by atoms with van der Waals surface area (Å²) in [7, 11) is -5.64. The van der Waals surface area contributed by atoms with Gasteiger partial charge in [-0.2, -0.15) is 21.6 Å². The predicted molar refractivity (Wildman–Crippen MR) is 96.2 cm³/mol. The molecule has 4 rings (SSSR count). The molecule has 8 heteroatoms. The molecule has 4 aliphatic rings. The molecule has 2 fully saturated rings. The van der Waals surface area contributed by atoms with E-state index in [2.05, 4.69) is 18.0 Å². The Morgan fingerprint density at radius 1 is 1.07 bits per heavy atom. The van der Waals surface area contributed by atoms with Gasteiger partial charge in [-0.15, -0.1) is 0 Å². The molecule has 0 N–H and O–H groups in total. The van der Waals surface area contributed by atoms with E-state index in [4.69, 9.17) is 0 Å². The monoisotopic (exact) mass is 418 g/mol. The van der Waals surface area contributed by atoms with Gasteiger partial charge in [-0.3, -0.25) is 4.79 Å². The van der Waals surface area contributed by atoms with Crippen molar-refractivity contribution in [1.82, 2.24) is 0 Å². The number of alkyl halides is 3. The fourth-order valence-electron chi connectivity index (χ4n) is 6.32. The van der Waals surface area contributed by atoms with Crippen molar-refractivity contribution in [3.63, 3.8) is 0 Å². The van der Waals surface area contributed by atoms with E-state index in [0.29, 0.717) is 36.4 Å². The van der Waals surface area contributed by atoms with Gasteiger partial charge in [-0.05, 0) is 66.9 Å². The number of rotatable bonds is 2. The molecule has 5 unspecified atom stereocenters. The lowest BCUT2D eigenvalue weighted by Crippen LogP contribution is -2.49. The van der Waals surface area contributed by atoms with E-state index in [1.54, 1.807) is 0 Å². The average molecular weight is 418 g/mol. The van der Waals surface area contributed by atoms with Crippen LogP contribution in [0.4, 0.5) is 13.2 Å². The first-order valence-corrected chi connectivity index (χ1v) is 11.2. The maximum absolute atomic E-state index is 12.6. The third kappa shape index (κ3) is 2.77. The van der Waals surface area contributed by atoms with Gasteiger partial charge >= 0.3 is 15.6 Å². The third-order valence-corrected chi connectivity index (χ3v) is 8.94. The SMILES string of the molecule is CC12CCC3C(CC=C4C=C(OS(=O)(=O)C(F)(F)F)CCC43C)C1CCC2=O. The quantitative estimate of drug-likeness (QED) is 0.474. The normalized spacial score (nSPS) is 40.8. The Hall–Kier alpha value is -1.31. The van der Waals surface area contributed by atoms with Crippen molar-refractivity contribution in [2.45, 2.75) is 64.3 Å². The van der Waals surface area contributed by atoms with E-state index >= 15 is 0 Å². The second-order valence-corrected chi connectivity index (χ2v) is 10.7. The Balaban J connectivity index is 1.62. The Bertz CT molecular complexity index is 872. The number of fused-ring (bicyclic) bond motifs is 5. The smallest absolute Gasteiger partial charge is 0.381 e. The number of Topliss-reactive ketones (excluding diaryl/α,β-unsaturated/α-hetero) is 1. The van der Waals surface area contributed by atoms with Gasteiger partial charge in [0.2, 0.25) is 0 Å². The maximum Gasteiger partial charge on any atom is 0.534 e. The fourth-order valence-corrected chi connectivity index (χ4v) is 6.83. The topological polar surface area (TPSA) is 60.4 Å². The molecule has 0 aromatic rings. The molecule has 0 heterocycles. The number of allylic oxidation sites excluding steroid dienone is 4. The Labute approximate surface area is 163 Å². The number of carbonyl (C=O) groups is 1. The van der Waals surface area contributed by atoms with Crippen LogP contribution in [0.1, 0.15) is 58.8 Å². The van der Waals surface area contributed by atoms with E-state index in [-0.39, 0.29) is 23.0 Å².